The van der Waals surface area contributed by atoms with Gasteiger partial charge >= 0.3 is 0 Å². The Morgan fingerprint density at radius 2 is 1.90 bits per heavy atom. The van der Waals surface area contributed by atoms with Crippen LogP contribution in [0, 0.1) is 0 Å². The number of benzene rings is 2. The Morgan fingerprint density at radius 1 is 1.10 bits per heavy atom. The molecule has 0 spiro atoms. The summed E-state index contributed by atoms with van der Waals surface area (Å²) in [5.74, 6) is 1.84. The van der Waals surface area contributed by atoms with E-state index >= 15 is 0 Å². The number of fused-ring (bicyclic) bond motifs is 1. The highest BCUT2D eigenvalue weighted by Crippen LogP contribution is 2.24. The number of hydrogen-bond acceptors (Lipinski definition) is 3. The van der Waals surface area contributed by atoms with Crippen LogP contribution >= 0.6 is 0 Å². The molecule has 3 nitrogen and oxygen atoms in total. The van der Waals surface area contributed by atoms with Crippen LogP contribution in [0.15, 0.2) is 59.2 Å². The highest BCUT2D eigenvalue weighted by atomic mass is 16.5. The predicted octanol–water partition coefficient (Wildman–Crippen LogP) is 4.29. The van der Waals surface area contributed by atoms with Gasteiger partial charge in [0.2, 0.25) is 0 Å². The zero-order valence-corrected chi connectivity index (χ0v) is 12.3. The first-order valence-electron chi connectivity index (χ1n) is 7.10. The summed E-state index contributed by atoms with van der Waals surface area (Å²) >= 11 is 0. The fourth-order valence-corrected chi connectivity index (χ4v) is 2.42. The molecule has 3 aromatic rings. The van der Waals surface area contributed by atoms with Gasteiger partial charge in [0, 0.05) is 6.04 Å². The lowest BCUT2D eigenvalue weighted by atomic mass is 10.0. The average molecular weight is 281 g/mol. The summed E-state index contributed by atoms with van der Waals surface area (Å²) in [6.07, 6.45) is 1.70. The molecule has 0 saturated heterocycles. The summed E-state index contributed by atoms with van der Waals surface area (Å²) in [6, 6.07) is 16.8. The smallest absolute Gasteiger partial charge is 0.119 e. The molecule has 3 rings (SSSR count). The van der Waals surface area contributed by atoms with Gasteiger partial charge in [-0.15, -0.1) is 0 Å². The van der Waals surface area contributed by atoms with Crippen molar-refractivity contribution in [1.29, 1.82) is 0 Å². The second kappa shape index (κ2) is 6.02. The van der Waals surface area contributed by atoms with Crippen molar-refractivity contribution in [2.24, 2.45) is 0 Å². The van der Waals surface area contributed by atoms with Gasteiger partial charge in [-0.05, 0) is 53.6 Å². The normalized spacial score (nSPS) is 12.5. The first kappa shape index (κ1) is 13.7. The highest BCUT2D eigenvalue weighted by Gasteiger charge is 2.07. The van der Waals surface area contributed by atoms with Gasteiger partial charge in [-0.3, -0.25) is 0 Å². The molecule has 21 heavy (non-hydrogen) atoms. The van der Waals surface area contributed by atoms with E-state index in [1.54, 1.807) is 13.4 Å². The van der Waals surface area contributed by atoms with Gasteiger partial charge in [0.1, 0.15) is 11.5 Å². The van der Waals surface area contributed by atoms with Crippen LogP contribution in [0.25, 0.3) is 10.8 Å². The lowest BCUT2D eigenvalue weighted by molar-refractivity contribution is 0.415. The molecule has 1 atom stereocenters. The second-order valence-corrected chi connectivity index (χ2v) is 5.15. The fraction of sp³-hybridized carbons (Fsp3) is 0.222. The summed E-state index contributed by atoms with van der Waals surface area (Å²) in [4.78, 5) is 0. The van der Waals surface area contributed by atoms with Crippen molar-refractivity contribution in [3.05, 3.63) is 66.1 Å². The van der Waals surface area contributed by atoms with Gasteiger partial charge in [-0.25, -0.2) is 0 Å². The topological polar surface area (TPSA) is 34.4 Å². The number of furan rings is 1. The number of ether oxygens (including phenoxy) is 1. The fourth-order valence-electron chi connectivity index (χ4n) is 2.42. The van der Waals surface area contributed by atoms with Crippen LogP contribution in [0.1, 0.15) is 24.3 Å². The van der Waals surface area contributed by atoms with Gasteiger partial charge < -0.3 is 14.5 Å². The molecular weight excluding hydrogens is 262 g/mol. The van der Waals surface area contributed by atoms with Crippen molar-refractivity contribution in [3.63, 3.8) is 0 Å². The van der Waals surface area contributed by atoms with E-state index in [0.717, 1.165) is 18.1 Å². The monoisotopic (exact) mass is 281 g/mol. The molecule has 0 aliphatic carbocycles. The molecule has 1 aromatic heterocycles. The molecule has 1 heterocycles. The van der Waals surface area contributed by atoms with E-state index in [4.69, 9.17) is 9.15 Å². The lowest BCUT2D eigenvalue weighted by Gasteiger charge is -2.14. The van der Waals surface area contributed by atoms with Gasteiger partial charge in [-0.2, -0.15) is 0 Å². The van der Waals surface area contributed by atoms with Crippen LogP contribution in [0.4, 0.5) is 0 Å². The van der Waals surface area contributed by atoms with Crippen LogP contribution in [0.2, 0.25) is 0 Å². The summed E-state index contributed by atoms with van der Waals surface area (Å²) < 4.78 is 10.6. The third-order valence-electron chi connectivity index (χ3n) is 3.73. The zero-order chi connectivity index (χ0) is 14.7. The minimum atomic E-state index is 0.265. The molecule has 1 unspecified atom stereocenters. The molecule has 0 fully saturated rings. The van der Waals surface area contributed by atoms with Gasteiger partial charge in [0.25, 0.3) is 0 Å². The van der Waals surface area contributed by atoms with Crippen LogP contribution in [-0.4, -0.2) is 7.11 Å². The van der Waals surface area contributed by atoms with Crippen LogP contribution in [-0.2, 0) is 6.54 Å². The van der Waals surface area contributed by atoms with Crippen molar-refractivity contribution in [2.75, 3.05) is 7.11 Å². The van der Waals surface area contributed by atoms with Crippen molar-refractivity contribution in [3.8, 4) is 5.75 Å². The van der Waals surface area contributed by atoms with Crippen molar-refractivity contribution in [1.82, 2.24) is 5.32 Å². The molecule has 2 aromatic carbocycles. The Morgan fingerprint density at radius 3 is 2.67 bits per heavy atom. The van der Waals surface area contributed by atoms with Crippen LogP contribution in [0.5, 0.6) is 5.75 Å². The molecule has 0 amide bonds. The summed E-state index contributed by atoms with van der Waals surface area (Å²) in [5, 5.41) is 5.88. The van der Waals surface area contributed by atoms with E-state index in [2.05, 4.69) is 42.6 Å². The largest absolute Gasteiger partial charge is 0.497 e. The maximum atomic E-state index is 5.34. The number of methoxy groups -OCH3 is 1. The van der Waals surface area contributed by atoms with Gasteiger partial charge in [-0.1, -0.05) is 18.2 Å². The van der Waals surface area contributed by atoms with E-state index < -0.39 is 0 Å². The van der Waals surface area contributed by atoms with E-state index in [1.165, 1.54) is 16.3 Å². The van der Waals surface area contributed by atoms with Crippen LogP contribution in [0.3, 0.4) is 0 Å². The van der Waals surface area contributed by atoms with Gasteiger partial charge in [0.05, 0.1) is 19.9 Å². The first-order valence-corrected chi connectivity index (χ1v) is 7.10. The Balaban J connectivity index is 1.76. The van der Waals surface area contributed by atoms with E-state index in [-0.39, 0.29) is 6.04 Å². The minimum absolute atomic E-state index is 0.265. The maximum absolute atomic E-state index is 5.34. The molecule has 0 radical (unpaired) electrons. The number of rotatable bonds is 5. The molecule has 0 bridgehead atoms. The molecular formula is C18H19NO2. The third kappa shape index (κ3) is 3.09. The summed E-state index contributed by atoms with van der Waals surface area (Å²) in [6.45, 7) is 2.89. The molecule has 0 aliphatic rings. The Hall–Kier alpha value is -2.26. The van der Waals surface area contributed by atoms with Crippen molar-refractivity contribution >= 4 is 10.8 Å². The van der Waals surface area contributed by atoms with Crippen molar-refractivity contribution in [2.45, 2.75) is 19.5 Å². The van der Waals surface area contributed by atoms with Gasteiger partial charge in [0.15, 0.2) is 0 Å². The molecule has 0 saturated carbocycles. The predicted molar refractivity (Wildman–Crippen MR) is 84.5 cm³/mol. The Kier molecular flexibility index (Phi) is 3.93. The van der Waals surface area contributed by atoms with E-state index in [1.807, 2.05) is 18.2 Å². The first-order chi connectivity index (χ1) is 10.3. The maximum Gasteiger partial charge on any atom is 0.119 e. The second-order valence-electron chi connectivity index (χ2n) is 5.15. The Labute approximate surface area is 124 Å². The highest BCUT2D eigenvalue weighted by molar-refractivity contribution is 5.84. The summed E-state index contributed by atoms with van der Waals surface area (Å²) in [7, 11) is 1.69. The molecule has 1 N–H and O–H groups in total. The zero-order valence-electron chi connectivity index (χ0n) is 12.3. The average Bonchev–Trinajstić information content (AvgIpc) is 3.05. The number of nitrogens with one attached hydrogen (secondary N) is 1. The third-order valence-corrected chi connectivity index (χ3v) is 3.73. The van der Waals surface area contributed by atoms with Crippen LogP contribution < -0.4 is 10.1 Å². The van der Waals surface area contributed by atoms with Crippen molar-refractivity contribution < 1.29 is 9.15 Å². The minimum Gasteiger partial charge on any atom is -0.497 e. The molecule has 3 heteroatoms. The number of hydrogen-bond donors (Lipinski definition) is 1. The molecule has 108 valence electrons. The Bertz CT molecular complexity index is 719. The van der Waals surface area contributed by atoms with E-state index in [0.29, 0.717) is 0 Å². The molecule has 0 aliphatic heterocycles. The SMILES string of the molecule is COc1ccc2cc(C(C)NCc3ccco3)ccc2c1. The quantitative estimate of drug-likeness (QED) is 0.757. The standard InChI is InChI=1S/C18H19NO2/c1-13(19-12-18-4-3-9-21-18)14-5-6-16-11-17(20-2)8-7-15(16)10-14/h3-11,13,19H,12H2,1-2H3. The lowest BCUT2D eigenvalue weighted by Crippen LogP contribution is -2.17. The van der Waals surface area contributed by atoms with E-state index in [9.17, 15) is 0 Å². The summed E-state index contributed by atoms with van der Waals surface area (Å²) in [5.41, 5.74) is 1.26.